The minimum Gasteiger partial charge on any atom is -0.353 e. The third kappa shape index (κ3) is 3.62. The predicted molar refractivity (Wildman–Crippen MR) is 92.9 cm³/mol. The van der Waals surface area contributed by atoms with Crippen LogP contribution in [0.2, 0.25) is 0 Å². The minimum atomic E-state index is 0.0174. The van der Waals surface area contributed by atoms with E-state index in [0.717, 1.165) is 35.4 Å². The number of allylic oxidation sites excluding steroid dienone is 1. The molecule has 3 rings (SSSR count). The van der Waals surface area contributed by atoms with E-state index in [1.54, 1.807) is 28.0 Å². The number of hydrogen-bond acceptors (Lipinski definition) is 3. The lowest BCUT2D eigenvalue weighted by Gasteiger charge is -2.27. The maximum absolute atomic E-state index is 12.1. The third-order valence-electron chi connectivity index (χ3n) is 4.18. The maximum atomic E-state index is 12.1. The molecule has 0 spiro atoms. The molecule has 0 saturated carbocycles. The Kier molecular flexibility index (Phi) is 4.76. The fraction of sp³-hybridized carbons (Fsp3) is 0.333. The Bertz CT molecular complexity index is 762. The summed E-state index contributed by atoms with van der Waals surface area (Å²) < 4.78 is 1.78. The van der Waals surface area contributed by atoms with Gasteiger partial charge >= 0.3 is 0 Å². The van der Waals surface area contributed by atoms with Gasteiger partial charge in [0, 0.05) is 29.2 Å². The third-order valence-corrected chi connectivity index (χ3v) is 5.05. The van der Waals surface area contributed by atoms with Gasteiger partial charge in [-0.25, -0.2) is 0 Å². The number of nitrogens with one attached hydrogen (secondary N) is 1. The quantitative estimate of drug-likeness (QED) is 0.856. The predicted octanol–water partition coefficient (Wildman–Crippen LogP) is 2.31. The van der Waals surface area contributed by atoms with Gasteiger partial charge in [0.15, 0.2) is 0 Å². The van der Waals surface area contributed by atoms with Crippen LogP contribution in [0.4, 0.5) is 0 Å². The maximum Gasteiger partial charge on any atom is 0.251 e. The fourth-order valence-corrected chi connectivity index (χ4v) is 3.83. The van der Waals surface area contributed by atoms with Gasteiger partial charge in [-0.15, -0.1) is 17.9 Å². The van der Waals surface area contributed by atoms with E-state index in [-0.39, 0.29) is 17.5 Å². The van der Waals surface area contributed by atoms with Crippen LogP contribution in [0.3, 0.4) is 0 Å². The van der Waals surface area contributed by atoms with E-state index in [4.69, 9.17) is 0 Å². The number of nitrogens with zero attached hydrogens (tertiary/aromatic N) is 1. The van der Waals surface area contributed by atoms with Gasteiger partial charge in [-0.3, -0.25) is 9.59 Å². The molecule has 1 aliphatic rings. The Hall–Kier alpha value is -2.14. The fourth-order valence-electron chi connectivity index (χ4n) is 3.13. The van der Waals surface area contributed by atoms with Crippen molar-refractivity contribution in [3.05, 3.63) is 68.8 Å². The molecule has 1 atom stereocenters. The summed E-state index contributed by atoms with van der Waals surface area (Å²) in [6, 6.07) is 7.59. The Morgan fingerprint density at radius 1 is 1.43 bits per heavy atom. The number of amides is 1. The molecule has 5 heteroatoms. The van der Waals surface area contributed by atoms with E-state index in [2.05, 4.69) is 11.9 Å². The summed E-state index contributed by atoms with van der Waals surface area (Å²) >= 11 is 1.60. The first-order chi connectivity index (χ1) is 11.2. The van der Waals surface area contributed by atoms with Gasteiger partial charge in [-0.2, -0.15) is 0 Å². The van der Waals surface area contributed by atoms with Crippen LogP contribution in [0, 0.1) is 0 Å². The SMILES string of the molecule is C=CCn1c2c(ccc1=O)CC(NC(=O)Cc1cccs1)CC2. The summed E-state index contributed by atoms with van der Waals surface area (Å²) in [5.41, 5.74) is 2.25. The Morgan fingerprint density at radius 3 is 3.04 bits per heavy atom. The van der Waals surface area contributed by atoms with Gasteiger partial charge < -0.3 is 9.88 Å². The topological polar surface area (TPSA) is 51.1 Å². The lowest BCUT2D eigenvalue weighted by Crippen LogP contribution is -2.41. The number of carbonyl (C=O) groups excluding carboxylic acids is 1. The van der Waals surface area contributed by atoms with Crippen molar-refractivity contribution < 1.29 is 4.79 Å². The minimum absolute atomic E-state index is 0.0174. The van der Waals surface area contributed by atoms with Crippen LogP contribution < -0.4 is 10.9 Å². The average molecular weight is 328 g/mol. The van der Waals surface area contributed by atoms with Gasteiger partial charge in [0.2, 0.25) is 5.91 Å². The van der Waals surface area contributed by atoms with Gasteiger partial charge in [-0.05, 0) is 36.3 Å². The Morgan fingerprint density at radius 2 is 2.30 bits per heavy atom. The van der Waals surface area contributed by atoms with Gasteiger partial charge in [-0.1, -0.05) is 18.2 Å². The summed E-state index contributed by atoms with van der Waals surface area (Å²) in [7, 11) is 0. The Balaban J connectivity index is 1.68. The largest absolute Gasteiger partial charge is 0.353 e. The van der Waals surface area contributed by atoms with Gasteiger partial charge in [0.25, 0.3) is 5.56 Å². The molecule has 2 aromatic rings. The van der Waals surface area contributed by atoms with E-state index >= 15 is 0 Å². The van der Waals surface area contributed by atoms with Crippen molar-refractivity contribution in [1.29, 1.82) is 0 Å². The second-order valence-corrected chi connectivity index (χ2v) is 6.84. The first kappa shape index (κ1) is 15.7. The molecule has 0 aliphatic heterocycles. The summed E-state index contributed by atoms with van der Waals surface area (Å²) in [4.78, 5) is 25.2. The normalized spacial score (nSPS) is 16.6. The number of rotatable bonds is 5. The molecule has 2 heterocycles. The number of aromatic nitrogens is 1. The van der Waals surface area contributed by atoms with Crippen molar-refractivity contribution in [2.24, 2.45) is 0 Å². The van der Waals surface area contributed by atoms with E-state index in [1.807, 2.05) is 23.6 Å². The second kappa shape index (κ2) is 6.96. The van der Waals surface area contributed by atoms with Crippen molar-refractivity contribution in [1.82, 2.24) is 9.88 Å². The highest BCUT2D eigenvalue weighted by atomic mass is 32.1. The van der Waals surface area contributed by atoms with Crippen molar-refractivity contribution in [3.8, 4) is 0 Å². The average Bonchev–Trinajstić information content (AvgIpc) is 3.03. The van der Waals surface area contributed by atoms with Crippen LogP contribution in [-0.2, 0) is 30.6 Å². The van der Waals surface area contributed by atoms with Crippen LogP contribution in [0.5, 0.6) is 0 Å². The van der Waals surface area contributed by atoms with Crippen molar-refractivity contribution in [2.45, 2.75) is 38.3 Å². The molecule has 1 amide bonds. The van der Waals surface area contributed by atoms with Crippen LogP contribution >= 0.6 is 11.3 Å². The highest BCUT2D eigenvalue weighted by Crippen LogP contribution is 2.20. The summed E-state index contributed by atoms with van der Waals surface area (Å²) in [5, 5.41) is 5.11. The van der Waals surface area contributed by atoms with Crippen LogP contribution in [0.1, 0.15) is 22.6 Å². The molecule has 1 unspecified atom stereocenters. The Labute approximate surface area is 139 Å². The number of fused-ring (bicyclic) bond motifs is 1. The molecule has 0 bridgehead atoms. The lowest BCUT2D eigenvalue weighted by atomic mass is 9.91. The lowest BCUT2D eigenvalue weighted by molar-refractivity contribution is -0.121. The first-order valence-electron chi connectivity index (χ1n) is 7.81. The smallest absolute Gasteiger partial charge is 0.251 e. The molecule has 4 nitrogen and oxygen atoms in total. The number of thiophene rings is 1. The number of hydrogen-bond donors (Lipinski definition) is 1. The van der Waals surface area contributed by atoms with Crippen molar-refractivity contribution >= 4 is 17.2 Å². The molecular weight excluding hydrogens is 308 g/mol. The van der Waals surface area contributed by atoms with Crippen LogP contribution in [0.15, 0.2) is 47.1 Å². The monoisotopic (exact) mass is 328 g/mol. The highest BCUT2D eigenvalue weighted by molar-refractivity contribution is 7.10. The second-order valence-electron chi connectivity index (χ2n) is 5.81. The molecule has 0 radical (unpaired) electrons. The highest BCUT2D eigenvalue weighted by Gasteiger charge is 2.22. The van der Waals surface area contributed by atoms with Crippen molar-refractivity contribution in [3.63, 3.8) is 0 Å². The van der Waals surface area contributed by atoms with E-state index in [9.17, 15) is 9.59 Å². The number of pyridine rings is 1. The van der Waals surface area contributed by atoms with Gasteiger partial charge in [0.05, 0.1) is 6.42 Å². The zero-order chi connectivity index (χ0) is 16.2. The molecular formula is C18H20N2O2S. The number of carbonyl (C=O) groups is 1. The first-order valence-corrected chi connectivity index (χ1v) is 8.69. The molecule has 1 aliphatic carbocycles. The van der Waals surface area contributed by atoms with Crippen LogP contribution in [-0.4, -0.2) is 16.5 Å². The molecule has 0 aromatic carbocycles. The zero-order valence-corrected chi connectivity index (χ0v) is 13.8. The standard InChI is InChI=1S/C18H20N2O2S/c1-2-9-20-16-7-6-14(11-13(16)5-8-18(20)22)19-17(21)12-15-4-3-10-23-15/h2-5,8,10,14H,1,6-7,9,11-12H2,(H,19,21). The van der Waals surface area contributed by atoms with Crippen LogP contribution in [0.25, 0.3) is 0 Å². The summed E-state index contributed by atoms with van der Waals surface area (Å²) in [6.45, 7) is 4.26. The molecule has 2 aromatic heterocycles. The van der Waals surface area contributed by atoms with E-state index < -0.39 is 0 Å². The van der Waals surface area contributed by atoms with E-state index in [1.165, 1.54) is 0 Å². The van der Waals surface area contributed by atoms with Gasteiger partial charge in [0.1, 0.15) is 0 Å². The molecule has 0 fully saturated rings. The molecule has 120 valence electrons. The summed E-state index contributed by atoms with van der Waals surface area (Å²) in [6.07, 6.45) is 4.64. The zero-order valence-electron chi connectivity index (χ0n) is 13.0. The van der Waals surface area contributed by atoms with Crippen molar-refractivity contribution in [2.75, 3.05) is 0 Å². The molecule has 1 N–H and O–H groups in total. The molecule has 0 saturated heterocycles. The molecule has 23 heavy (non-hydrogen) atoms. The van der Waals surface area contributed by atoms with E-state index in [0.29, 0.717) is 13.0 Å². The summed E-state index contributed by atoms with van der Waals surface area (Å²) in [5.74, 6) is 0.0697.